The summed E-state index contributed by atoms with van der Waals surface area (Å²) in [4.78, 5) is 10.8. The number of ether oxygens (including phenoxy) is 1. The van der Waals surface area contributed by atoms with Crippen LogP contribution in [0.3, 0.4) is 0 Å². The van der Waals surface area contributed by atoms with Crippen molar-refractivity contribution >= 4 is 17.4 Å². The Kier molecular flexibility index (Phi) is 9.12. The van der Waals surface area contributed by atoms with Gasteiger partial charge in [-0.3, -0.25) is 4.79 Å². The summed E-state index contributed by atoms with van der Waals surface area (Å²) in [5.41, 5.74) is 2.62. The molecule has 2 nitrogen and oxygen atoms in total. The molecule has 0 amide bonds. The van der Waals surface area contributed by atoms with Crippen LogP contribution in [0.2, 0.25) is 0 Å². The van der Waals surface area contributed by atoms with Crippen molar-refractivity contribution in [3.05, 3.63) is 65.8 Å². The lowest BCUT2D eigenvalue weighted by Crippen LogP contribution is -2.23. The second-order valence-corrected chi connectivity index (χ2v) is 7.86. The molecule has 2 unspecified atom stereocenters. The van der Waals surface area contributed by atoms with E-state index >= 15 is 0 Å². The Morgan fingerprint density at radius 3 is 2.74 bits per heavy atom. The van der Waals surface area contributed by atoms with Gasteiger partial charge in [0.25, 0.3) is 0 Å². The van der Waals surface area contributed by atoms with E-state index in [0.717, 1.165) is 29.5 Å². The van der Waals surface area contributed by atoms with Gasteiger partial charge in [-0.25, -0.2) is 0 Å². The molecule has 0 aliphatic heterocycles. The summed E-state index contributed by atoms with van der Waals surface area (Å²) in [6, 6.07) is 5.92. The maximum Gasteiger partial charge on any atom is 0.159 e. The molecule has 1 rings (SSSR count). The second-order valence-electron chi connectivity index (χ2n) is 6.99. The Bertz CT molecular complexity index is 763. The lowest BCUT2D eigenvalue weighted by atomic mass is 9.96. The van der Waals surface area contributed by atoms with Crippen LogP contribution < -0.4 is 4.74 Å². The van der Waals surface area contributed by atoms with Crippen molar-refractivity contribution in [1.82, 2.24) is 0 Å². The molecule has 0 aliphatic carbocycles. The van der Waals surface area contributed by atoms with Crippen LogP contribution in [0.25, 0.3) is 0 Å². The van der Waals surface area contributed by atoms with E-state index in [-0.39, 0.29) is 5.78 Å². The topological polar surface area (TPSA) is 26.3 Å². The van der Waals surface area contributed by atoms with Gasteiger partial charge in [0.1, 0.15) is 12.4 Å². The lowest BCUT2D eigenvalue weighted by Gasteiger charge is -2.19. The molecular weight excluding hydrogens is 356 g/mol. The summed E-state index contributed by atoms with van der Waals surface area (Å²) in [6.45, 7) is 11.5. The summed E-state index contributed by atoms with van der Waals surface area (Å²) >= 11 is 6.24. The van der Waals surface area contributed by atoms with E-state index in [1.807, 2.05) is 44.2 Å². The third-order valence-electron chi connectivity index (χ3n) is 4.27. The highest BCUT2D eigenvalue weighted by Crippen LogP contribution is 2.24. The maximum absolute atomic E-state index is 11.4. The monoisotopic (exact) mass is 384 g/mol. The van der Waals surface area contributed by atoms with Crippen molar-refractivity contribution < 1.29 is 9.53 Å². The largest absolute Gasteiger partial charge is 0.490 e. The Labute approximate surface area is 169 Å². The molecule has 0 saturated carbocycles. The van der Waals surface area contributed by atoms with Crippen LogP contribution in [0, 0.1) is 18.3 Å². The van der Waals surface area contributed by atoms with Gasteiger partial charge in [0.15, 0.2) is 5.78 Å². The number of ketones is 1. The van der Waals surface area contributed by atoms with Gasteiger partial charge in [-0.1, -0.05) is 43.2 Å². The van der Waals surface area contributed by atoms with Crippen molar-refractivity contribution in [1.29, 1.82) is 0 Å². The predicted octanol–water partition coefficient (Wildman–Crippen LogP) is 5.89. The van der Waals surface area contributed by atoms with E-state index < -0.39 is 4.87 Å². The average molecular weight is 385 g/mol. The number of carbonyl (C=O) groups is 1. The standard InChI is InChI=1S/C24H29ClO2/c1-7-21(19(5)26)12-10-11-18(4)15-20-13-14-23(22(8-2)16-20)27-17-24(6,25)9-3/h2,7,9-10,12-14,16,18H,3,11,15,17H2,1,4-6H3. The number of hydrogen-bond donors (Lipinski definition) is 0. The van der Waals surface area contributed by atoms with Crippen LogP contribution >= 0.6 is 11.6 Å². The van der Waals surface area contributed by atoms with E-state index in [9.17, 15) is 4.79 Å². The average Bonchev–Trinajstić information content (AvgIpc) is 2.63. The van der Waals surface area contributed by atoms with Crippen LogP contribution in [0.1, 0.15) is 45.2 Å². The molecule has 0 saturated heterocycles. The van der Waals surface area contributed by atoms with Gasteiger partial charge in [0.2, 0.25) is 0 Å². The molecule has 0 radical (unpaired) electrons. The Morgan fingerprint density at radius 2 is 2.19 bits per heavy atom. The van der Waals surface area contributed by atoms with Gasteiger partial charge >= 0.3 is 0 Å². The van der Waals surface area contributed by atoms with Crippen molar-refractivity contribution in [3.8, 4) is 18.1 Å². The van der Waals surface area contributed by atoms with Gasteiger partial charge < -0.3 is 4.74 Å². The van der Waals surface area contributed by atoms with Crippen LogP contribution in [-0.2, 0) is 11.2 Å². The summed E-state index contributed by atoms with van der Waals surface area (Å²) in [7, 11) is 0. The van der Waals surface area contributed by atoms with E-state index in [4.69, 9.17) is 22.8 Å². The van der Waals surface area contributed by atoms with E-state index in [1.54, 1.807) is 13.0 Å². The number of carbonyl (C=O) groups excluding carboxylic acids is 1. The van der Waals surface area contributed by atoms with Gasteiger partial charge in [-0.15, -0.1) is 24.6 Å². The van der Waals surface area contributed by atoms with E-state index in [2.05, 4.69) is 25.5 Å². The smallest absolute Gasteiger partial charge is 0.159 e. The van der Waals surface area contributed by atoms with E-state index in [1.165, 1.54) is 0 Å². The minimum atomic E-state index is -0.628. The van der Waals surface area contributed by atoms with Crippen LogP contribution in [0.15, 0.2) is 54.7 Å². The van der Waals surface area contributed by atoms with Crippen molar-refractivity contribution in [2.45, 2.75) is 45.4 Å². The predicted molar refractivity (Wildman–Crippen MR) is 115 cm³/mol. The van der Waals surface area contributed by atoms with Crippen molar-refractivity contribution in [2.75, 3.05) is 6.61 Å². The maximum atomic E-state index is 11.4. The highest BCUT2D eigenvalue weighted by molar-refractivity contribution is 6.25. The molecule has 1 aromatic carbocycles. The lowest BCUT2D eigenvalue weighted by molar-refractivity contribution is -0.113. The molecule has 1 aromatic rings. The van der Waals surface area contributed by atoms with Crippen LogP contribution in [0.4, 0.5) is 0 Å². The first-order valence-corrected chi connectivity index (χ1v) is 9.48. The van der Waals surface area contributed by atoms with Gasteiger partial charge in [-0.2, -0.15) is 0 Å². The molecule has 0 N–H and O–H groups in total. The van der Waals surface area contributed by atoms with Gasteiger partial charge in [-0.05, 0) is 57.2 Å². The van der Waals surface area contributed by atoms with Crippen molar-refractivity contribution in [2.24, 2.45) is 5.92 Å². The number of hydrogen-bond acceptors (Lipinski definition) is 2. The third kappa shape index (κ3) is 7.89. The molecule has 0 fully saturated rings. The minimum Gasteiger partial charge on any atom is -0.490 e. The number of benzene rings is 1. The zero-order chi connectivity index (χ0) is 20.4. The highest BCUT2D eigenvalue weighted by Gasteiger charge is 2.18. The summed E-state index contributed by atoms with van der Waals surface area (Å²) in [6.07, 6.45) is 14.9. The fraction of sp³-hybridized carbons (Fsp3) is 0.375. The molecule has 2 atom stereocenters. The normalized spacial score (nSPS) is 15.0. The second kappa shape index (κ2) is 10.8. The first kappa shape index (κ1) is 22.8. The fourth-order valence-corrected chi connectivity index (χ4v) is 2.60. The molecule has 0 heterocycles. The third-order valence-corrected chi connectivity index (χ3v) is 4.54. The number of allylic oxidation sites excluding steroid dienone is 4. The molecule has 0 spiro atoms. The first-order chi connectivity index (χ1) is 12.7. The molecular formula is C24H29ClO2. The molecule has 0 bridgehead atoms. The zero-order valence-electron chi connectivity index (χ0n) is 16.7. The fourth-order valence-electron chi connectivity index (χ4n) is 2.55. The molecule has 27 heavy (non-hydrogen) atoms. The van der Waals surface area contributed by atoms with Crippen LogP contribution in [-0.4, -0.2) is 17.3 Å². The number of halogens is 1. The number of terminal acetylenes is 1. The van der Waals surface area contributed by atoms with Gasteiger partial charge in [0.05, 0.1) is 10.4 Å². The molecule has 144 valence electrons. The molecule has 3 heteroatoms. The molecule has 0 aromatic heterocycles. The summed E-state index contributed by atoms with van der Waals surface area (Å²) < 4.78 is 5.77. The van der Waals surface area contributed by atoms with E-state index in [0.29, 0.717) is 18.3 Å². The Morgan fingerprint density at radius 1 is 1.48 bits per heavy atom. The molecule has 0 aliphatic rings. The zero-order valence-corrected chi connectivity index (χ0v) is 17.5. The Hall–Kier alpha value is -2.24. The Balaban J connectivity index is 2.73. The SMILES string of the molecule is C#Cc1cc(CC(C)CC=CC(=CC)C(C)=O)ccc1OCC(C)(Cl)C=C. The van der Waals surface area contributed by atoms with Crippen LogP contribution in [0.5, 0.6) is 5.75 Å². The number of rotatable bonds is 10. The highest BCUT2D eigenvalue weighted by atomic mass is 35.5. The first-order valence-electron chi connectivity index (χ1n) is 9.11. The quantitative estimate of drug-likeness (QED) is 0.165. The summed E-state index contributed by atoms with van der Waals surface area (Å²) in [5.74, 6) is 3.85. The van der Waals surface area contributed by atoms with Crippen molar-refractivity contribution in [3.63, 3.8) is 0 Å². The summed E-state index contributed by atoms with van der Waals surface area (Å²) in [5, 5.41) is 0. The number of alkyl halides is 1. The minimum absolute atomic E-state index is 0.0835. The number of Topliss-reactive ketones (excluding diaryl/α,β-unsaturated/α-hetero) is 1. The van der Waals surface area contributed by atoms with Gasteiger partial charge in [0, 0.05) is 5.57 Å².